The Hall–Kier alpha value is -5.40. The molecule has 0 saturated heterocycles. The van der Waals surface area contributed by atoms with Gasteiger partial charge in [-0.2, -0.15) is 0 Å². The zero-order valence-corrected chi connectivity index (χ0v) is 29.0. The lowest BCUT2D eigenvalue weighted by Crippen LogP contribution is -2.45. The fourth-order valence-corrected chi connectivity index (χ4v) is 10.8. The van der Waals surface area contributed by atoms with E-state index in [-0.39, 0.29) is 18.2 Å². The van der Waals surface area contributed by atoms with Gasteiger partial charge in [0.1, 0.15) is 29.3 Å². The highest BCUT2D eigenvalue weighted by Crippen LogP contribution is 2.52. The molecule has 4 nitrogen and oxygen atoms in total. The van der Waals surface area contributed by atoms with Gasteiger partial charge in [0.25, 0.3) is 0 Å². The van der Waals surface area contributed by atoms with Gasteiger partial charge in [-0.05, 0) is 40.5 Å². The summed E-state index contributed by atoms with van der Waals surface area (Å²) in [6, 6.07) is 47.5. The Balaban J connectivity index is 1.01. The monoisotopic (exact) mass is 693 g/mol. The van der Waals surface area contributed by atoms with Gasteiger partial charge in [0.2, 0.25) is 0 Å². The van der Waals surface area contributed by atoms with Crippen LogP contribution in [0.5, 0.6) is 0 Å². The molecule has 8 aromatic rings. The summed E-state index contributed by atoms with van der Waals surface area (Å²) in [5.41, 5.74) is 9.19. The number of thioether (sulfide) groups is 1. The van der Waals surface area contributed by atoms with Gasteiger partial charge in [0.05, 0.1) is 0 Å². The minimum absolute atomic E-state index is 0.190. The third-order valence-corrected chi connectivity index (χ3v) is 13.2. The normalized spacial score (nSPS) is 21.1. The highest BCUT2D eigenvalue weighted by atomic mass is 32.2. The van der Waals surface area contributed by atoms with Crippen LogP contribution in [0.25, 0.3) is 47.7 Å². The van der Waals surface area contributed by atoms with Crippen molar-refractivity contribution in [1.82, 2.24) is 10.6 Å². The minimum atomic E-state index is -0.224. The van der Waals surface area contributed by atoms with E-state index in [2.05, 4.69) is 150 Å². The summed E-state index contributed by atoms with van der Waals surface area (Å²) in [4.78, 5) is 6.67. The van der Waals surface area contributed by atoms with Gasteiger partial charge in [-0.1, -0.05) is 133 Å². The van der Waals surface area contributed by atoms with Gasteiger partial charge in [-0.25, -0.2) is 4.99 Å². The van der Waals surface area contributed by atoms with E-state index in [9.17, 15) is 0 Å². The molecule has 2 aliphatic heterocycles. The summed E-state index contributed by atoms with van der Waals surface area (Å²) >= 11 is 3.86. The molecular weight excluding hydrogens is 663 g/mol. The van der Waals surface area contributed by atoms with Crippen molar-refractivity contribution in [3.05, 3.63) is 180 Å². The number of aliphatic imine (C=N–C) groups is 1. The fourth-order valence-electron chi connectivity index (χ4n) is 8.17. The number of nitrogens with one attached hydrogen (secondary N) is 2. The quantitative estimate of drug-likeness (QED) is 0.193. The first-order valence-corrected chi connectivity index (χ1v) is 19.1. The molecule has 6 aromatic carbocycles. The predicted molar refractivity (Wildman–Crippen MR) is 214 cm³/mol. The molecule has 0 saturated carbocycles. The third-order valence-electron chi connectivity index (χ3n) is 10.5. The lowest BCUT2D eigenvalue weighted by molar-refractivity contribution is 0.410. The first-order chi connectivity index (χ1) is 25.3. The van der Waals surface area contributed by atoms with Crippen LogP contribution in [0.15, 0.2) is 166 Å². The van der Waals surface area contributed by atoms with Gasteiger partial charge in [0.15, 0.2) is 0 Å². The highest BCUT2D eigenvalue weighted by Gasteiger charge is 2.36. The van der Waals surface area contributed by atoms with Crippen LogP contribution >= 0.6 is 23.1 Å². The van der Waals surface area contributed by atoms with Crippen LogP contribution in [-0.2, 0) is 0 Å². The molecule has 4 heterocycles. The van der Waals surface area contributed by atoms with E-state index in [1.165, 1.54) is 41.8 Å². The van der Waals surface area contributed by atoms with Crippen LogP contribution in [0, 0.1) is 0 Å². The average molecular weight is 694 g/mol. The standard InChI is InChI=1S/C45H31N3OS2/c1-2-11-26(12-3-1)43-46-44(33-18-10-21-37-40(33)32-14-4-6-20-36(32)49-37)48-45(47-43)34-19-9-17-31-35-25-27(23-24-39(35)51-42(31)34)28-15-8-16-30-29-13-5-7-22-38(29)50-41(28)30/h1-25,35,39,43-44,46H,(H,47,48). The molecule has 2 aromatic heterocycles. The Kier molecular flexibility index (Phi) is 6.66. The van der Waals surface area contributed by atoms with E-state index < -0.39 is 0 Å². The lowest BCUT2D eigenvalue weighted by atomic mass is 9.86. The van der Waals surface area contributed by atoms with Crippen LogP contribution < -0.4 is 10.6 Å². The molecule has 3 aliphatic rings. The number of benzene rings is 6. The number of para-hydroxylation sites is 1. The predicted octanol–water partition coefficient (Wildman–Crippen LogP) is 11.5. The van der Waals surface area contributed by atoms with Crippen LogP contribution in [0.2, 0.25) is 0 Å². The third kappa shape index (κ3) is 4.67. The summed E-state index contributed by atoms with van der Waals surface area (Å²) < 4.78 is 9.00. The Labute approximate surface area is 303 Å². The van der Waals surface area contributed by atoms with Gasteiger partial charge in [0, 0.05) is 58.1 Å². The molecule has 0 amide bonds. The maximum absolute atomic E-state index is 6.30. The zero-order valence-electron chi connectivity index (χ0n) is 27.4. The summed E-state index contributed by atoms with van der Waals surface area (Å²) in [5, 5.41) is 12.9. The topological polar surface area (TPSA) is 49.6 Å². The number of nitrogens with zero attached hydrogens (tertiary/aromatic N) is 1. The van der Waals surface area contributed by atoms with Crippen LogP contribution in [0.1, 0.15) is 46.1 Å². The smallest absolute Gasteiger partial charge is 0.135 e. The molecule has 2 N–H and O–H groups in total. The van der Waals surface area contributed by atoms with E-state index in [1.807, 2.05) is 35.2 Å². The first-order valence-electron chi connectivity index (χ1n) is 17.4. The largest absolute Gasteiger partial charge is 0.456 e. The maximum atomic E-state index is 6.30. The van der Waals surface area contributed by atoms with Crippen LogP contribution in [0.4, 0.5) is 0 Å². The molecule has 0 fully saturated rings. The molecule has 6 heteroatoms. The Morgan fingerprint density at radius 3 is 2.33 bits per heavy atom. The molecule has 0 bridgehead atoms. The molecular formula is C45H31N3OS2. The number of rotatable bonds is 4. The lowest BCUT2D eigenvalue weighted by Gasteiger charge is -2.33. The van der Waals surface area contributed by atoms with Crippen molar-refractivity contribution < 1.29 is 4.42 Å². The summed E-state index contributed by atoms with van der Waals surface area (Å²) in [6.07, 6.45) is 6.85. The molecule has 4 atom stereocenters. The number of amidine groups is 1. The van der Waals surface area contributed by atoms with Crippen molar-refractivity contribution in [1.29, 1.82) is 0 Å². The van der Waals surface area contributed by atoms with Crippen molar-refractivity contribution in [2.75, 3.05) is 0 Å². The van der Waals surface area contributed by atoms with E-state index in [1.54, 1.807) is 0 Å². The number of fused-ring (bicyclic) bond motifs is 9. The second-order valence-electron chi connectivity index (χ2n) is 13.4. The van der Waals surface area contributed by atoms with Crippen molar-refractivity contribution >= 4 is 76.6 Å². The summed E-state index contributed by atoms with van der Waals surface area (Å²) in [7, 11) is 0. The molecule has 244 valence electrons. The molecule has 1 aliphatic carbocycles. The Bertz CT molecular complexity index is 2770. The van der Waals surface area contributed by atoms with Crippen molar-refractivity contribution in [3.63, 3.8) is 0 Å². The second-order valence-corrected chi connectivity index (χ2v) is 15.7. The van der Waals surface area contributed by atoms with Crippen molar-refractivity contribution in [2.24, 2.45) is 4.99 Å². The van der Waals surface area contributed by atoms with Crippen LogP contribution in [0.3, 0.4) is 0 Å². The molecule has 4 unspecified atom stereocenters. The zero-order chi connectivity index (χ0) is 33.5. The van der Waals surface area contributed by atoms with Crippen molar-refractivity contribution in [2.45, 2.75) is 28.4 Å². The van der Waals surface area contributed by atoms with Crippen molar-refractivity contribution in [3.8, 4) is 0 Å². The second kappa shape index (κ2) is 11.6. The SMILES string of the molecule is C1=CC2Sc3c(C4=NC(c5ccccc5)NC(c5cccc6oc7ccccc7c56)N4)cccc3C2C=C1c1cccc2c1sc1ccccc12. The molecule has 0 spiro atoms. The fraction of sp³-hybridized carbons (Fsp3) is 0.0889. The number of thiophene rings is 1. The number of allylic oxidation sites excluding steroid dienone is 3. The first kappa shape index (κ1) is 29.3. The summed E-state index contributed by atoms with van der Waals surface area (Å²) in [6.45, 7) is 0. The van der Waals surface area contributed by atoms with Gasteiger partial charge < -0.3 is 9.73 Å². The van der Waals surface area contributed by atoms with E-state index >= 15 is 0 Å². The molecule has 0 radical (unpaired) electrons. The van der Waals surface area contributed by atoms with Crippen LogP contribution in [-0.4, -0.2) is 11.1 Å². The minimum Gasteiger partial charge on any atom is -0.456 e. The van der Waals surface area contributed by atoms with E-state index in [0.29, 0.717) is 5.25 Å². The van der Waals surface area contributed by atoms with Gasteiger partial charge in [-0.15, -0.1) is 23.1 Å². The van der Waals surface area contributed by atoms with E-state index in [4.69, 9.17) is 9.41 Å². The van der Waals surface area contributed by atoms with Gasteiger partial charge >= 0.3 is 0 Å². The summed E-state index contributed by atoms with van der Waals surface area (Å²) in [5.74, 6) is 1.19. The number of furan rings is 1. The average Bonchev–Trinajstić information content (AvgIpc) is 3.89. The Morgan fingerprint density at radius 1 is 0.647 bits per heavy atom. The number of hydrogen-bond donors (Lipinski definition) is 2. The van der Waals surface area contributed by atoms with E-state index in [0.717, 1.165) is 44.5 Å². The maximum Gasteiger partial charge on any atom is 0.135 e. The van der Waals surface area contributed by atoms with Gasteiger partial charge in [-0.3, -0.25) is 5.32 Å². The number of hydrogen-bond acceptors (Lipinski definition) is 6. The molecule has 51 heavy (non-hydrogen) atoms. The molecule has 11 rings (SSSR count). The highest BCUT2D eigenvalue weighted by molar-refractivity contribution is 8.00. The Morgan fingerprint density at radius 2 is 1.39 bits per heavy atom.